The van der Waals surface area contributed by atoms with Crippen molar-refractivity contribution in [2.24, 2.45) is 5.73 Å². The molecule has 0 bridgehead atoms. The van der Waals surface area contributed by atoms with Gasteiger partial charge in [-0.25, -0.2) is 14.7 Å². The maximum atomic E-state index is 12.8. The normalized spacial score (nSPS) is 12.4. The van der Waals surface area contributed by atoms with Crippen LogP contribution in [0.3, 0.4) is 0 Å². The average Bonchev–Trinajstić information content (AvgIpc) is 2.76. The Morgan fingerprint density at radius 2 is 1.69 bits per heavy atom. The first kappa shape index (κ1) is 31.0. The lowest BCUT2D eigenvalue weighted by atomic mass is 10.2. The highest BCUT2D eigenvalue weighted by molar-refractivity contribution is 5.80. The Morgan fingerprint density at radius 1 is 1.06 bits per heavy atom. The Labute approximate surface area is 214 Å². The zero-order valence-corrected chi connectivity index (χ0v) is 22.8. The summed E-state index contributed by atoms with van der Waals surface area (Å²) in [4.78, 5) is 43.1. The van der Waals surface area contributed by atoms with Crippen LogP contribution in [0, 0.1) is 0 Å². The highest BCUT2D eigenvalue weighted by Gasteiger charge is 2.23. The second-order valence-corrected chi connectivity index (χ2v) is 10.3. The minimum atomic E-state index is -0.894. The van der Waals surface area contributed by atoms with E-state index < -0.39 is 35.3 Å². The van der Waals surface area contributed by atoms with Crippen molar-refractivity contribution in [3.8, 4) is 5.75 Å². The molecule has 1 rings (SSSR count). The number of hydrogen-bond acceptors (Lipinski definition) is 8. The summed E-state index contributed by atoms with van der Waals surface area (Å²) in [5.41, 5.74) is 5.43. The fraction of sp³-hybridized carbons (Fsp3) is 0.640. The van der Waals surface area contributed by atoms with Gasteiger partial charge in [-0.2, -0.15) is 0 Å². The maximum absolute atomic E-state index is 12.8. The van der Waals surface area contributed by atoms with Crippen molar-refractivity contribution in [2.75, 3.05) is 33.9 Å². The maximum Gasteiger partial charge on any atom is 0.410 e. The van der Waals surface area contributed by atoms with E-state index in [1.807, 2.05) is 6.07 Å². The van der Waals surface area contributed by atoms with Crippen molar-refractivity contribution in [3.63, 3.8) is 0 Å². The molecular formula is C25H42N4O7. The second kappa shape index (κ2) is 13.9. The summed E-state index contributed by atoms with van der Waals surface area (Å²) in [6.45, 7) is 11.7. The molecule has 11 heteroatoms. The molecule has 0 heterocycles. The van der Waals surface area contributed by atoms with Gasteiger partial charge in [-0.1, -0.05) is 12.1 Å². The van der Waals surface area contributed by atoms with Gasteiger partial charge < -0.3 is 30.2 Å². The molecule has 0 saturated heterocycles. The first-order chi connectivity index (χ1) is 16.6. The molecule has 0 radical (unpaired) electrons. The number of alkyl carbamates (subject to hydrolysis) is 1. The van der Waals surface area contributed by atoms with Crippen LogP contribution >= 0.6 is 0 Å². The fourth-order valence-corrected chi connectivity index (χ4v) is 2.87. The molecule has 0 unspecified atom stereocenters. The van der Waals surface area contributed by atoms with Crippen LogP contribution in [0.4, 0.5) is 9.59 Å². The zero-order valence-electron chi connectivity index (χ0n) is 22.8. The van der Waals surface area contributed by atoms with E-state index in [0.717, 1.165) is 10.6 Å². The van der Waals surface area contributed by atoms with Crippen molar-refractivity contribution < 1.29 is 33.4 Å². The number of hydroxylamine groups is 2. The molecule has 0 saturated carbocycles. The highest BCUT2D eigenvalue weighted by Crippen LogP contribution is 2.18. The molecule has 3 amide bonds. The number of hydrogen-bond donors (Lipinski definition) is 2. The van der Waals surface area contributed by atoms with E-state index in [4.69, 9.17) is 24.8 Å². The monoisotopic (exact) mass is 510 g/mol. The molecule has 0 spiro atoms. The predicted molar refractivity (Wildman–Crippen MR) is 135 cm³/mol. The summed E-state index contributed by atoms with van der Waals surface area (Å²) >= 11 is 0. The van der Waals surface area contributed by atoms with Gasteiger partial charge in [-0.3, -0.25) is 9.63 Å². The Balaban J connectivity index is 2.79. The van der Waals surface area contributed by atoms with Crippen LogP contribution in [-0.2, 0) is 25.7 Å². The van der Waals surface area contributed by atoms with Crippen molar-refractivity contribution in [3.05, 3.63) is 29.8 Å². The smallest absolute Gasteiger partial charge is 0.410 e. The molecule has 3 N–H and O–H groups in total. The van der Waals surface area contributed by atoms with Gasteiger partial charge in [0.25, 0.3) is 5.91 Å². The number of carbonyl (C=O) groups is 3. The molecule has 11 nitrogen and oxygen atoms in total. The van der Waals surface area contributed by atoms with E-state index in [1.165, 1.54) is 14.2 Å². The Hall–Kier alpha value is -3.05. The number of rotatable bonds is 11. The standard InChI is InChI=1S/C25H42N4O7/c1-24(2,3)35-22(31)27-13-10-14-29(23(32)36-25(4,5)6)16-18-11-9-12-19(15-18)34-17-20(26)21(30)28(7)33-8/h9,11-12,15,20H,10,13-14,16-17,26H2,1-8H3,(H,27,31)/t20-/m0/s1. The molecule has 0 aliphatic rings. The quantitative estimate of drug-likeness (QED) is 0.343. The van der Waals surface area contributed by atoms with Gasteiger partial charge in [-0.05, 0) is 65.7 Å². The van der Waals surface area contributed by atoms with Gasteiger partial charge in [0.05, 0.1) is 7.11 Å². The van der Waals surface area contributed by atoms with Crippen LogP contribution in [0.15, 0.2) is 24.3 Å². The molecule has 204 valence electrons. The minimum absolute atomic E-state index is 0.0396. The van der Waals surface area contributed by atoms with Gasteiger partial charge in [0.2, 0.25) is 0 Å². The van der Waals surface area contributed by atoms with E-state index >= 15 is 0 Å². The summed E-state index contributed by atoms with van der Waals surface area (Å²) in [5, 5.41) is 3.73. The molecule has 0 aliphatic heterocycles. The van der Waals surface area contributed by atoms with Crippen LogP contribution in [-0.4, -0.2) is 79.2 Å². The summed E-state index contributed by atoms with van der Waals surface area (Å²) in [5.74, 6) is 0.0938. The molecule has 0 aliphatic carbocycles. The molecule has 1 aromatic rings. The molecule has 0 fully saturated rings. The van der Waals surface area contributed by atoms with E-state index in [-0.39, 0.29) is 13.2 Å². The third-order valence-corrected chi connectivity index (χ3v) is 4.53. The zero-order chi connectivity index (χ0) is 27.5. The minimum Gasteiger partial charge on any atom is -0.491 e. The van der Waals surface area contributed by atoms with Crippen molar-refractivity contribution in [1.29, 1.82) is 0 Å². The van der Waals surface area contributed by atoms with Crippen LogP contribution in [0.2, 0.25) is 0 Å². The van der Waals surface area contributed by atoms with Gasteiger partial charge >= 0.3 is 12.2 Å². The molecule has 36 heavy (non-hydrogen) atoms. The number of likely N-dealkylation sites (N-methyl/N-ethyl adjacent to an activating group) is 1. The van der Waals surface area contributed by atoms with E-state index in [9.17, 15) is 14.4 Å². The fourth-order valence-electron chi connectivity index (χ4n) is 2.87. The van der Waals surface area contributed by atoms with Gasteiger partial charge in [0.15, 0.2) is 0 Å². The molecular weight excluding hydrogens is 468 g/mol. The number of ether oxygens (including phenoxy) is 3. The first-order valence-corrected chi connectivity index (χ1v) is 11.8. The third kappa shape index (κ3) is 12.6. The van der Waals surface area contributed by atoms with E-state index in [0.29, 0.717) is 25.3 Å². The lowest BCUT2D eigenvalue weighted by molar-refractivity contribution is -0.170. The average molecular weight is 511 g/mol. The van der Waals surface area contributed by atoms with Gasteiger partial charge in [-0.15, -0.1) is 0 Å². The number of benzene rings is 1. The number of amides is 3. The van der Waals surface area contributed by atoms with Gasteiger partial charge in [0.1, 0.15) is 29.6 Å². The lowest BCUT2D eigenvalue weighted by Gasteiger charge is -2.28. The molecule has 0 aromatic heterocycles. The Morgan fingerprint density at radius 3 is 2.28 bits per heavy atom. The Kier molecular flexibility index (Phi) is 11.9. The topological polar surface area (TPSA) is 133 Å². The van der Waals surface area contributed by atoms with E-state index in [1.54, 1.807) is 64.6 Å². The van der Waals surface area contributed by atoms with Crippen LogP contribution in [0.5, 0.6) is 5.75 Å². The van der Waals surface area contributed by atoms with Gasteiger partial charge in [0, 0.05) is 26.7 Å². The summed E-state index contributed by atoms with van der Waals surface area (Å²) < 4.78 is 16.5. The number of nitrogens with zero attached hydrogens (tertiary/aromatic N) is 2. The van der Waals surface area contributed by atoms with Crippen LogP contribution < -0.4 is 15.8 Å². The van der Waals surface area contributed by atoms with Crippen molar-refractivity contribution in [1.82, 2.24) is 15.3 Å². The van der Waals surface area contributed by atoms with Crippen LogP contribution in [0.1, 0.15) is 53.5 Å². The number of carbonyl (C=O) groups excluding carboxylic acids is 3. The predicted octanol–water partition coefficient (Wildman–Crippen LogP) is 3.06. The second-order valence-electron chi connectivity index (χ2n) is 10.3. The number of nitrogens with one attached hydrogen (secondary N) is 1. The molecule has 1 aromatic carbocycles. The molecule has 1 atom stereocenters. The van der Waals surface area contributed by atoms with Crippen LogP contribution in [0.25, 0.3) is 0 Å². The Bertz CT molecular complexity index is 865. The highest BCUT2D eigenvalue weighted by atomic mass is 16.7. The number of nitrogens with two attached hydrogens (primary N) is 1. The van der Waals surface area contributed by atoms with Crippen molar-refractivity contribution in [2.45, 2.75) is 71.8 Å². The first-order valence-electron chi connectivity index (χ1n) is 11.8. The lowest BCUT2D eigenvalue weighted by Crippen LogP contribution is -2.44. The van der Waals surface area contributed by atoms with Crippen molar-refractivity contribution >= 4 is 18.1 Å². The summed E-state index contributed by atoms with van der Waals surface area (Å²) in [6, 6.07) is 6.26. The summed E-state index contributed by atoms with van der Waals surface area (Å²) in [7, 11) is 2.84. The van der Waals surface area contributed by atoms with E-state index in [2.05, 4.69) is 5.32 Å². The largest absolute Gasteiger partial charge is 0.491 e. The SMILES string of the molecule is CON(C)C(=O)[C@@H](N)COc1cccc(CN(CCCNC(=O)OC(C)(C)C)C(=O)OC(C)(C)C)c1. The third-order valence-electron chi connectivity index (χ3n) is 4.53. The summed E-state index contributed by atoms with van der Waals surface area (Å²) in [6.07, 6.45) is -0.482.